The number of ether oxygens (including phenoxy) is 1. The van der Waals surface area contributed by atoms with E-state index < -0.39 is 9.84 Å². The predicted octanol–water partition coefficient (Wildman–Crippen LogP) is 3.12. The van der Waals surface area contributed by atoms with Gasteiger partial charge in [0.2, 0.25) is 9.84 Å². The van der Waals surface area contributed by atoms with Crippen LogP contribution < -0.4 is 0 Å². The average molecular weight is 319 g/mol. The van der Waals surface area contributed by atoms with E-state index in [0.717, 1.165) is 17.2 Å². The molecule has 1 aromatic carbocycles. The lowest BCUT2D eigenvalue weighted by Gasteiger charge is -2.08. The molecule has 0 saturated heterocycles. The van der Waals surface area contributed by atoms with Crippen LogP contribution in [0.4, 0.5) is 0 Å². The lowest BCUT2D eigenvalue weighted by Crippen LogP contribution is -2.04. The number of rotatable bonds is 6. The summed E-state index contributed by atoms with van der Waals surface area (Å²) in [6, 6.07) is 8.27. The van der Waals surface area contributed by atoms with Crippen LogP contribution >= 0.6 is 15.9 Å². The lowest BCUT2D eigenvalue weighted by atomic mass is 10.3. The number of halogens is 1. The molecule has 0 aliphatic carbocycles. The van der Waals surface area contributed by atoms with E-state index in [1.165, 1.54) is 6.26 Å². The van der Waals surface area contributed by atoms with E-state index in [1.807, 2.05) is 6.92 Å². The third-order valence-corrected chi connectivity index (χ3v) is 3.99. The first kappa shape index (κ1) is 14.3. The van der Waals surface area contributed by atoms with E-state index in [4.69, 9.17) is 4.74 Å². The van der Waals surface area contributed by atoms with Crippen LogP contribution in [0.15, 0.2) is 46.9 Å². The molecule has 3 nitrogen and oxygen atoms in total. The zero-order valence-electron chi connectivity index (χ0n) is 9.54. The first-order valence-electron chi connectivity index (χ1n) is 5.24. The van der Waals surface area contributed by atoms with Crippen LogP contribution in [0, 0.1) is 0 Å². The fraction of sp³-hybridized carbons (Fsp3) is 0.333. The van der Waals surface area contributed by atoms with E-state index in [1.54, 1.807) is 30.3 Å². The van der Waals surface area contributed by atoms with Crippen molar-refractivity contribution < 1.29 is 13.2 Å². The van der Waals surface area contributed by atoms with E-state index >= 15 is 0 Å². The molecule has 0 bridgehead atoms. The minimum Gasteiger partial charge on any atom is -0.498 e. The minimum absolute atomic E-state index is 0.00315. The van der Waals surface area contributed by atoms with Crippen LogP contribution in [-0.2, 0) is 14.6 Å². The number of sulfone groups is 1. The molecule has 1 unspecified atom stereocenters. The average Bonchev–Trinajstić information content (AvgIpc) is 2.30. The molecule has 94 valence electrons. The highest BCUT2D eigenvalue weighted by Gasteiger charge is 2.09. The second-order valence-corrected chi connectivity index (χ2v) is 6.18. The number of hydrogen-bond donors (Lipinski definition) is 0. The zero-order chi connectivity index (χ0) is 12.7. The molecule has 1 aromatic rings. The van der Waals surface area contributed by atoms with Gasteiger partial charge in [-0.2, -0.15) is 0 Å². The Kier molecular flexibility index (Phi) is 5.71. The summed E-state index contributed by atoms with van der Waals surface area (Å²) in [7, 11) is -3.39. The summed E-state index contributed by atoms with van der Waals surface area (Å²) >= 11 is 3.30. The minimum atomic E-state index is -3.39. The lowest BCUT2D eigenvalue weighted by molar-refractivity contribution is 0.160. The van der Waals surface area contributed by atoms with Gasteiger partial charge in [-0.25, -0.2) is 8.42 Å². The summed E-state index contributed by atoms with van der Waals surface area (Å²) < 4.78 is 28.8. The molecule has 0 aliphatic heterocycles. The van der Waals surface area contributed by atoms with Crippen molar-refractivity contribution in [2.24, 2.45) is 0 Å². The molecule has 1 atom stereocenters. The highest BCUT2D eigenvalue weighted by molar-refractivity contribution is 9.09. The van der Waals surface area contributed by atoms with Crippen molar-refractivity contribution in [3.63, 3.8) is 0 Å². The predicted molar refractivity (Wildman–Crippen MR) is 71.7 cm³/mol. The Bertz CT molecular complexity index is 454. The van der Waals surface area contributed by atoms with Crippen LogP contribution in [-0.4, -0.2) is 19.9 Å². The molecule has 5 heteroatoms. The van der Waals surface area contributed by atoms with Gasteiger partial charge in [0.15, 0.2) is 0 Å². The Balaban J connectivity index is 2.65. The van der Waals surface area contributed by atoms with Gasteiger partial charge in [-0.3, -0.25) is 0 Å². The summed E-state index contributed by atoms with van der Waals surface area (Å²) in [5, 5.41) is 1.92. The fourth-order valence-corrected chi connectivity index (χ4v) is 2.70. The Hall–Kier alpha value is -0.810. The Morgan fingerprint density at radius 1 is 1.35 bits per heavy atom. The maximum absolute atomic E-state index is 11.8. The van der Waals surface area contributed by atoms with E-state index in [0.29, 0.717) is 0 Å². The Labute approximate surface area is 111 Å². The van der Waals surface area contributed by atoms with Crippen molar-refractivity contribution in [1.29, 1.82) is 0 Å². The molecule has 0 fully saturated rings. The van der Waals surface area contributed by atoms with Crippen molar-refractivity contribution in [1.82, 2.24) is 0 Å². The topological polar surface area (TPSA) is 43.4 Å². The van der Waals surface area contributed by atoms with Gasteiger partial charge < -0.3 is 4.74 Å². The van der Waals surface area contributed by atoms with Crippen LogP contribution in [0.3, 0.4) is 0 Å². The van der Waals surface area contributed by atoms with Crippen LogP contribution in [0.25, 0.3) is 0 Å². The van der Waals surface area contributed by atoms with Crippen molar-refractivity contribution >= 4 is 25.8 Å². The molecular formula is C12H15BrO3S. The standard InChI is InChI=1S/C12H15BrO3S/c1-11(7-8-13)16-9-10-17(14,15)12-5-3-2-4-6-12/h2-6,9-11H,7-8H2,1H3/b10-9+. The van der Waals surface area contributed by atoms with Gasteiger partial charge in [-0.05, 0) is 25.5 Å². The number of hydrogen-bond acceptors (Lipinski definition) is 3. The summed E-state index contributed by atoms with van der Waals surface area (Å²) in [6.45, 7) is 1.89. The molecule has 0 amide bonds. The normalized spacial score (nSPS) is 13.8. The Morgan fingerprint density at radius 3 is 2.59 bits per heavy atom. The van der Waals surface area contributed by atoms with Crippen molar-refractivity contribution in [3.8, 4) is 0 Å². The molecule has 0 saturated carbocycles. The van der Waals surface area contributed by atoms with Gasteiger partial charge in [0.05, 0.1) is 22.7 Å². The van der Waals surface area contributed by atoms with Gasteiger partial charge in [0.1, 0.15) is 0 Å². The molecule has 0 spiro atoms. The highest BCUT2D eigenvalue weighted by Crippen LogP contribution is 2.11. The summed E-state index contributed by atoms with van der Waals surface area (Å²) in [5.74, 6) is 0. The monoisotopic (exact) mass is 318 g/mol. The molecule has 0 radical (unpaired) electrons. The van der Waals surface area contributed by atoms with Crippen molar-refractivity contribution in [2.45, 2.75) is 24.3 Å². The summed E-state index contributed by atoms with van der Waals surface area (Å²) in [5.41, 5.74) is 0. The second kappa shape index (κ2) is 6.81. The third-order valence-electron chi connectivity index (χ3n) is 2.13. The quantitative estimate of drug-likeness (QED) is 0.598. The first-order valence-corrected chi connectivity index (χ1v) is 7.91. The van der Waals surface area contributed by atoms with Gasteiger partial charge >= 0.3 is 0 Å². The largest absolute Gasteiger partial charge is 0.498 e. The van der Waals surface area contributed by atoms with Crippen molar-refractivity contribution in [3.05, 3.63) is 42.0 Å². The molecule has 0 aromatic heterocycles. The number of benzene rings is 1. The van der Waals surface area contributed by atoms with E-state index in [2.05, 4.69) is 15.9 Å². The fourth-order valence-electron chi connectivity index (χ4n) is 1.15. The van der Waals surface area contributed by atoms with Crippen LogP contribution in [0.5, 0.6) is 0 Å². The van der Waals surface area contributed by atoms with Gasteiger partial charge in [0, 0.05) is 5.33 Å². The third kappa shape index (κ3) is 4.91. The van der Waals surface area contributed by atoms with Gasteiger partial charge in [-0.1, -0.05) is 34.1 Å². The SMILES string of the molecule is CC(CCBr)O/C=C/S(=O)(=O)c1ccccc1. The first-order chi connectivity index (χ1) is 8.06. The molecule has 0 aliphatic rings. The summed E-state index contributed by atoms with van der Waals surface area (Å²) in [6.07, 6.45) is 2.07. The molecule has 1 rings (SSSR count). The molecule has 17 heavy (non-hydrogen) atoms. The molecule has 0 N–H and O–H groups in total. The Morgan fingerprint density at radius 2 is 2.00 bits per heavy atom. The van der Waals surface area contributed by atoms with E-state index in [-0.39, 0.29) is 11.0 Å². The zero-order valence-corrected chi connectivity index (χ0v) is 11.9. The second-order valence-electron chi connectivity index (χ2n) is 3.55. The van der Waals surface area contributed by atoms with E-state index in [9.17, 15) is 8.42 Å². The smallest absolute Gasteiger partial charge is 0.202 e. The van der Waals surface area contributed by atoms with Gasteiger partial charge in [-0.15, -0.1) is 0 Å². The van der Waals surface area contributed by atoms with Crippen molar-refractivity contribution in [2.75, 3.05) is 5.33 Å². The van der Waals surface area contributed by atoms with Crippen LogP contribution in [0.2, 0.25) is 0 Å². The molecular weight excluding hydrogens is 304 g/mol. The summed E-state index contributed by atoms with van der Waals surface area (Å²) in [4.78, 5) is 0.271. The number of alkyl halides is 1. The highest BCUT2D eigenvalue weighted by atomic mass is 79.9. The maximum atomic E-state index is 11.8. The maximum Gasteiger partial charge on any atom is 0.202 e. The van der Waals surface area contributed by atoms with Crippen LogP contribution in [0.1, 0.15) is 13.3 Å². The van der Waals surface area contributed by atoms with Gasteiger partial charge in [0.25, 0.3) is 0 Å². The molecule has 0 heterocycles.